The number of aryl methyl sites for hydroxylation is 1. The standard InChI is InChI=1S/C14H19N5S2/c1-10(2)6-15-8-12-13(17-14-19(12)4-5-20-14)21-11-7-16-18(3)9-11/h4-5,7,9-10,15H,6,8H2,1-3H3. The summed E-state index contributed by atoms with van der Waals surface area (Å²) in [5.41, 5.74) is 1.22. The third kappa shape index (κ3) is 3.30. The van der Waals surface area contributed by atoms with E-state index in [2.05, 4.69) is 40.2 Å². The number of nitrogens with one attached hydrogen (secondary N) is 1. The van der Waals surface area contributed by atoms with E-state index in [0.717, 1.165) is 28.0 Å². The van der Waals surface area contributed by atoms with Crippen LogP contribution in [0.2, 0.25) is 0 Å². The van der Waals surface area contributed by atoms with Crippen molar-refractivity contribution in [3.63, 3.8) is 0 Å². The number of aromatic nitrogens is 4. The molecule has 0 radical (unpaired) electrons. The molecule has 0 atom stereocenters. The molecule has 0 spiro atoms. The molecule has 7 heteroatoms. The van der Waals surface area contributed by atoms with Crippen LogP contribution in [0.3, 0.4) is 0 Å². The summed E-state index contributed by atoms with van der Waals surface area (Å²) in [6.07, 6.45) is 5.99. The molecule has 0 fully saturated rings. The third-order valence-electron chi connectivity index (χ3n) is 3.07. The fourth-order valence-corrected chi connectivity index (χ4v) is 3.84. The molecule has 3 aromatic heterocycles. The van der Waals surface area contributed by atoms with Crippen LogP contribution in [0.15, 0.2) is 33.9 Å². The SMILES string of the molecule is CC(C)CNCc1c(Sc2cnn(C)c2)nc2sccn12. The average molecular weight is 321 g/mol. The molecular formula is C14H19N5S2. The van der Waals surface area contributed by atoms with E-state index in [1.165, 1.54) is 5.69 Å². The summed E-state index contributed by atoms with van der Waals surface area (Å²) in [4.78, 5) is 6.91. The van der Waals surface area contributed by atoms with Gasteiger partial charge in [0.1, 0.15) is 5.03 Å². The lowest BCUT2D eigenvalue weighted by Crippen LogP contribution is -2.20. The van der Waals surface area contributed by atoms with Crippen LogP contribution in [0.25, 0.3) is 4.96 Å². The summed E-state index contributed by atoms with van der Waals surface area (Å²) in [6, 6.07) is 0. The number of hydrogen-bond acceptors (Lipinski definition) is 5. The number of nitrogens with zero attached hydrogens (tertiary/aromatic N) is 4. The van der Waals surface area contributed by atoms with Gasteiger partial charge in [0.05, 0.1) is 16.8 Å². The van der Waals surface area contributed by atoms with Crippen LogP contribution >= 0.6 is 23.1 Å². The molecule has 0 aliphatic heterocycles. The summed E-state index contributed by atoms with van der Waals surface area (Å²) < 4.78 is 3.99. The van der Waals surface area contributed by atoms with Gasteiger partial charge in [-0.2, -0.15) is 5.10 Å². The molecule has 0 saturated heterocycles. The molecule has 0 aliphatic carbocycles. The van der Waals surface area contributed by atoms with Crippen LogP contribution in [0.1, 0.15) is 19.5 Å². The van der Waals surface area contributed by atoms with E-state index in [0.29, 0.717) is 5.92 Å². The van der Waals surface area contributed by atoms with E-state index in [1.807, 2.05) is 24.1 Å². The van der Waals surface area contributed by atoms with Gasteiger partial charge in [0.15, 0.2) is 4.96 Å². The van der Waals surface area contributed by atoms with E-state index < -0.39 is 0 Å². The number of hydrogen-bond donors (Lipinski definition) is 1. The van der Waals surface area contributed by atoms with Gasteiger partial charge in [-0.05, 0) is 12.5 Å². The highest BCUT2D eigenvalue weighted by Gasteiger charge is 2.15. The summed E-state index contributed by atoms with van der Waals surface area (Å²) >= 11 is 3.34. The Hall–Kier alpha value is -1.31. The van der Waals surface area contributed by atoms with Gasteiger partial charge in [-0.25, -0.2) is 4.98 Å². The van der Waals surface area contributed by atoms with Crippen LogP contribution in [0.5, 0.6) is 0 Å². The second-order valence-electron chi connectivity index (χ2n) is 5.40. The molecule has 0 unspecified atom stereocenters. The Labute approximate surface area is 132 Å². The molecule has 1 N–H and O–H groups in total. The summed E-state index contributed by atoms with van der Waals surface area (Å²) in [6.45, 7) is 6.27. The highest BCUT2D eigenvalue weighted by Crippen LogP contribution is 2.31. The van der Waals surface area contributed by atoms with Crippen molar-refractivity contribution in [3.8, 4) is 0 Å². The minimum absolute atomic E-state index is 0.644. The molecule has 0 aromatic carbocycles. The van der Waals surface area contributed by atoms with Gasteiger partial charge in [-0.1, -0.05) is 25.6 Å². The van der Waals surface area contributed by atoms with Gasteiger partial charge in [-0.15, -0.1) is 11.3 Å². The monoisotopic (exact) mass is 321 g/mol. The van der Waals surface area contributed by atoms with Crippen LogP contribution in [-0.4, -0.2) is 25.7 Å². The second kappa shape index (κ2) is 6.21. The highest BCUT2D eigenvalue weighted by molar-refractivity contribution is 7.99. The largest absolute Gasteiger partial charge is 0.311 e. The Balaban J connectivity index is 1.84. The second-order valence-corrected chi connectivity index (χ2v) is 7.33. The first-order valence-corrected chi connectivity index (χ1v) is 8.64. The van der Waals surface area contributed by atoms with Crippen molar-refractivity contribution in [2.45, 2.75) is 30.3 Å². The van der Waals surface area contributed by atoms with E-state index in [1.54, 1.807) is 23.1 Å². The quantitative estimate of drug-likeness (QED) is 0.758. The maximum atomic E-state index is 4.74. The zero-order valence-corrected chi connectivity index (χ0v) is 14.0. The Morgan fingerprint density at radius 1 is 1.43 bits per heavy atom. The minimum atomic E-state index is 0.644. The molecule has 0 amide bonds. The lowest BCUT2D eigenvalue weighted by Gasteiger charge is -2.08. The van der Waals surface area contributed by atoms with E-state index >= 15 is 0 Å². The van der Waals surface area contributed by atoms with E-state index in [-0.39, 0.29) is 0 Å². The van der Waals surface area contributed by atoms with E-state index in [4.69, 9.17) is 4.98 Å². The van der Waals surface area contributed by atoms with Gasteiger partial charge in [0.2, 0.25) is 0 Å². The predicted molar refractivity (Wildman–Crippen MR) is 86.9 cm³/mol. The minimum Gasteiger partial charge on any atom is -0.311 e. The van der Waals surface area contributed by atoms with Crippen LogP contribution in [0, 0.1) is 5.92 Å². The maximum Gasteiger partial charge on any atom is 0.194 e. The van der Waals surface area contributed by atoms with Gasteiger partial charge in [-0.3, -0.25) is 9.08 Å². The molecule has 0 saturated carbocycles. The first-order chi connectivity index (χ1) is 10.1. The van der Waals surface area contributed by atoms with E-state index in [9.17, 15) is 0 Å². The predicted octanol–water partition coefficient (Wildman–Crippen LogP) is 3.03. The summed E-state index contributed by atoms with van der Waals surface area (Å²) in [7, 11) is 1.93. The van der Waals surface area contributed by atoms with Gasteiger partial charge >= 0.3 is 0 Å². The number of rotatable bonds is 6. The molecule has 3 rings (SSSR count). The smallest absolute Gasteiger partial charge is 0.194 e. The molecule has 5 nitrogen and oxygen atoms in total. The normalized spacial score (nSPS) is 11.8. The van der Waals surface area contributed by atoms with Crippen molar-refractivity contribution >= 4 is 28.1 Å². The Bertz CT molecular complexity index is 725. The number of fused-ring (bicyclic) bond motifs is 1. The molecule has 112 valence electrons. The molecule has 3 heterocycles. The van der Waals surface area contributed by atoms with Gasteiger partial charge in [0, 0.05) is 31.4 Å². The van der Waals surface area contributed by atoms with Crippen molar-refractivity contribution in [1.29, 1.82) is 0 Å². The Morgan fingerprint density at radius 2 is 2.29 bits per heavy atom. The lowest BCUT2D eigenvalue weighted by molar-refractivity contribution is 0.544. The van der Waals surface area contributed by atoms with Crippen molar-refractivity contribution in [2.75, 3.05) is 6.54 Å². The topological polar surface area (TPSA) is 47.2 Å². The first-order valence-electron chi connectivity index (χ1n) is 6.95. The molecule has 21 heavy (non-hydrogen) atoms. The molecule has 3 aromatic rings. The highest BCUT2D eigenvalue weighted by atomic mass is 32.2. The van der Waals surface area contributed by atoms with Crippen molar-refractivity contribution in [1.82, 2.24) is 24.5 Å². The zero-order chi connectivity index (χ0) is 14.8. The molecule has 0 aliphatic rings. The maximum absolute atomic E-state index is 4.74. The Morgan fingerprint density at radius 3 is 3.00 bits per heavy atom. The fraction of sp³-hybridized carbons (Fsp3) is 0.429. The van der Waals surface area contributed by atoms with Crippen molar-refractivity contribution < 1.29 is 0 Å². The molecule has 0 bridgehead atoms. The molecular weight excluding hydrogens is 302 g/mol. The fourth-order valence-electron chi connectivity index (χ4n) is 2.10. The Kier molecular flexibility index (Phi) is 4.32. The average Bonchev–Trinajstić information content (AvgIpc) is 3.09. The lowest BCUT2D eigenvalue weighted by atomic mass is 10.2. The van der Waals surface area contributed by atoms with Crippen molar-refractivity contribution in [2.24, 2.45) is 13.0 Å². The van der Waals surface area contributed by atoms with Crippen molar-refractivity contribution in [3.05, 3.63) is 29.7 Å². The van der Waals surface area contributed by atoms with Gasteiger partial charge < -0.3 is 5.32 Å². The van der Waals surface area contributed by atoms with Gasteiger partial charge in [0.25, 0.3) is 0 Å². The third-order valence-corrected chi connectivity index (χ3v) is 4.79. The first kappa shape index (κ1) is 14.6. The van der Waals surface area contributed by atoms with Crippen LogP contribution in [0.4, 0.5) is 0 Å². The number of imidazole rings is 1. The number of thiazole rings is 1. The van der Waals surface area contributed by atoms with Crippen LogP contribution in [-0.2, 0) is 13.6 Å². The summed E-state index contributed by atoms with van der Waals surface area (Å²) in [5, 5.41) is 10.9. The zero-order valence-electron chi connectivity index (χ0n) is 12.4. The summed E-state index contributed by atoms with van der Waals surface area (Å²) in [5.74, 6) is 0.644. The van der Waals surface area contributed by atoms with Crippen LogP contribution < -0.4 is 5.32 Å².